The second-order valence-electron chi connectivity index (χ2n) is 15.2. The van der Waals surface area contributed by atoms with Crippen LogP contribution in [0.3, 0.4) is 0 Å². The van der Waals surface area contributed by atoms with Gasteiger partial charge in [-0.1, -0.05) is 90.4 Å². The lowest BCUT2D eigenvalue weighted by Crippen LogP contribution is -2.36. The van der Waals surface area contributed by atoms with Crippen molar-refractivity contribution in [1.29, 1.82) is 0 Å². The van der Waals surface area contributed by atoms with E-state index < -0.39 is 5.60 Å². The molecule has 0 spiro atoms. The quantitative estimate of drug-likeness (QED) is 0.0561. The summed E-state index contributed by atoms with van der Waals surface area (Å²) in [4.78, 5) is 13.4. The Bertz CT molecular complexity index is 806. The molecule has 0 heterocycles. The largest absolute Gasteiger partial charge is 0.444 e. The fourth-order valence-corrected chi connectivity index (χ4v) is 5.33. The predicted molar refractivity (Wildman–Crippen MR) is 228 cm³/mol. The molecule has 0 aromatic carbocycles. The molecule has 0 radical (unpaired) electrons. The van der Waals surface area contributed by atoms with Crippen LogP contribution in [0.15, 0.2) is 0 Å². The van der Waals surface area contributed by atoms with Crippen LogP contribution in [0, 0.1) is 0 Å². The third kappa shape index (κ3) is 49.2. The molecule has 0 N–H and O–H groups in total. The highest BCUT2D eigenvalue weighted by atomic mass is 16.6. The number of nitrogens with zero attached hydrogens (tertiary/aromatic N) is 1. The molecule has 14 heteroatoms. The topological polar surface area (TPSA) is 131 Å². The fraction of sp³-hybridized carbons (Fsp3) is 0.977. The summed E-state index contributed by atoms with van der Waals surface area (Å²) in [6.07, 6.45) is 18.8. The van der Waals surface area contributed by atoms with E-state index in [-0.39, 0.29) is 6.09 Å². The number of rotatable bonds is 48. The minimum atomic E-state index is -0.510. The molecular weight excluding hydrogens is 750 g/mol. The van der Waals surface area contributed by atoms with Crippen LogP contribution in [0.25, 0.3) is 0 Å². The molecule has 0 aliphatic heterocycles. The van der Waals surface area contributed by atoms with Crippen LogP contribution in [0.5, 0.6) is 0 Å². The Labute approximate surface area is 354 Å². The maximum atomic E-state index is 11.9. The van der Waals surface area contributed by atoms with Gasteiger partial charge in [-0.05, 0) is 27.2 Å². The first-order valence-corrected chi connectivity index (χ1v) is 22.7. The third-order valence-electron chi connectivity index (χ3n) is 8.64. The summed E-state index contributed by atoms with van der Waals surface area (Å²) < 4.78 is 66.2. The molecule has 0 unspecified atom stereocenters. The summed E-state index contributed by atoms with van der Waals surface area (Å²) in [5.41, 5.74) is -0.510. The smallest absolute Gasteiger partial charge is 0.410 e. The molecule has 0 saturated carbocycles. The predicted octanol–water partition coefficient (Wildman–Crippen LogP) is 7.52. The van der Waals surface area contributed by atoms with Crippen molar-refractivity contribution in [2.75, 3.05) is 159 Å². The Kier molecular flexibility index (Phi) is 45.9. The lowest BCUT2D eigenvalue weighted by molar-refractivity contribution is -0.0277. The molecular formula is C44H89NO13. The van der Waals surface area contributed by atoms with Crippen LogP contribution >= 0.6 is 0 Å². The first kappa shape index (κ1) is 56.8. The van der Waals surface area contributed by atoms with Crippen molar-refractivity contribution in [1.82, 2.24) is 4.90 Å². The molecule has 58 heavy (non-hydrogen) atoms. The van der Waals surface area contributed by atoms with E-state index in [1.165, 1.54) is 88.4 Å². The number of ether oxygens (including phenoxy) is 12. The molecule has 14 nitrogen and oxygen atoms in total. The number of likely N-dealkylation sites (N-methyl/N-ethyl adjacent to an activating group) is 1. The molecule has 0 aliphatic rings. The minimum Gasteiger partial charge on any atom is -0.444 e. The van der Waals surface area contributed by atoms with Gasteiger partial charge in [-0.3, -0.25) is 0 Å². The van der Waals surface area contributed by atoms with Gasteiger partial charge in [-0.25, -0.2) is 4.79 Å². The minimum absolute atomic E-state index is 0.362. The van der Waals surface area contributed by atoms with E-state index >= 15 is 0 Å². The molecule has 0 atom stereocenters. The number of hydrogen-bond acceptors (Lipinski definition) is 13. The molecule has 0 aromatic rings. The lowest BCUT2D eigenvalue weighted by atomic mass is 10.0. The highest BCUT2D eigenvalue weighted by molar-refractivity contribution is 5.67. The van der Waals surface area contributed by atoms with Gasteiger partial charge >= 0.3 is 6.09 Å². The molecule has 0 saturated heterocycles. The molecule has 1 amide bonds. The number of carbonyl (C=O) groups is 1. The van der Waals surface area contributed by atoms with Gasteiger partial charge in [0, 0.05) is 20.2 Å². The number of carbonyl (C=O) groups excluding carboxylic acids is 1. The number of amides is 1. The summed E-state index contributed by atoms with van der Waals surface area (Å²) in [7, 11) is 1.69. The molecule has 0 fully saturated rings. The zero-order chi connectivity index (χ0) is 42.3. The van der Waals surface area contributed by atoms with Gasteiger partial charge in [0.25, 0.3) is 0 Å². The van der Waals surface area contributed by atoms with Gasteiger partial charge in [-0.15, -0.1) is 0 Å². The highest BCUT2D eigenvalue weighted by Gasteiger charge is 2.19. The summed E-state index contributed by atoms with van der Waals surface area (Å²) in [6, 6.07) is 0. The second-order valence-corrected chi connectivity index (χ2v) is 15.2. The van der Waals surface area contributed by atoms with E-state index in [1.807, 2.05) is 20.8 Å². The average molecular weight is 840 g/mol. The molecule has 0 bridgehead atoms. The average Bonchev–Trinajstić information content (AvgIpc) is 3.19. The Balaban J connectivity index is 3.12. The molecule has 348 valence electrons. The Hall–Kier alpha value is -1.17. The van der Waals surface area contributed by atoms with Crippen LogP contribution in [-0.4, -0.2) is 176 Å². The number of hydrogen-bond donors (Lipinski definition) is 0. The van der Waals surface area contributed by atoms with E-state index in [0.717, 1.165) is 13.0 Å². The Morgan fingerprint density at radius 1 is 0.345 bits per heavy atom. The van der Waals surface area contributed by atoms with Crippen LogP contribution < -0.4 is 0 Å². The summed E-state index contributed by atoms with van der Waals surface area (Å²) in [5.74, 6) is 0. The van der Waals surface area contributed by atoms with E-state index in [0.29, 0.717) is 145 Å². The first-order valence-electron chi connectivity index (χ1n) is 22.7. The SMILES string of the molecule is CCCCCCCCCCCCCCCCOCCOCCOCCOCCOCCOCCOCCOCCOCCOCCOCCN(C)C(=O)OC(C)(C)C. The van der Waals surface area contributed by atoms with Crippen molar-refractivity contribution in [3.8, 4) is 0 Å². The van der Waals surface area contributed by atoms with Crippen LogP contribution in [0.4, 0.5) is 4.79 Å². The Morgan fingerprint density at radius 3 is 0.828 bits per heavy atom. The molecule has 0 rings (SSSR count). The fourth-order valence-electron chi connectivity index (χ4n) is 5.33. The van der Waals surface area contributed by atoms with Gasteiger partial charge in [0.05, 0.1) is 139 Å². The van der Waals surface area contributed by atoms with Gasteiger partial charge in [-0.2, -0.15) is 0 Å². The maximum Gasteiger partial charge on any atom is 0.410 e. The first-order chi connectivity index (χ1) is 28.4. The van der Waals surface area contributed by atoms with Crippen LogP contribution in [0.2, 0.25) is 0 Å². The Morgan fingerprint density at radius 2 is 0.569 bits per heavy atom. The van der Waals surface area contributed by atoms with Gasteiger partial charge in [0.1, 0.15) is 5.60 Å². The standard InChI is InChI=1S/C44H89NO13/c1-6-7-8-9-10-11-12-13-14-15-16-17-18-19-21-47-23-25-49-27-29-51-31-33-53-35-37-55-39-41-57-42-40-56-38-36-54-34-32-52-30-28-50-26-24-48-22-20-45(5)43(46)58-44(2,3)4/h6-42H2,1-5H3. The summed E-state index contributed by atoms with van der Waals surface area (Å²) in [5, 5.41) is 0. The highest BCUT2D eigenvalue weighted by Crippen LogP contribution is 2.13. The molecule has 0 aromatic heterocycles. The summed E-state index contributed by atoms with van der Waals surface area (Å²) in [6.45, 7) is 19.9. The number of unbranched alkanes of at least 4 members (excludes halogenated alkanes) is 13. The van der Waals surface area contributed by atoms with E-state index in [1.54, 1.807) is 7.05 Å². The van der Waals surface area contributed by atoms with Gasteiger partial charge in [0.15, 0.2) is 0 Å². The van der Waals surface area contributed by atoms with Crippen molar-refractivity contribution >= 4 is 6.09 Å². The third-order valence-corrected chi connectivity index (χ3v) is 8.64. The molecule has 0 aliphatic carbocycles. The lowest BCUT2D eigenvalue weighted by Gasteiger charge is -2.24. The van der Waals surface area contributed by atoms with E-state index in [4.69, 9.17) is 56.8 Å². The van der Waals surface area contributed by atoms with Crippen molar-refractivity contribution in [2.24, 2.45) is 0 Å². The second kappa shape index (κ2) is 46.9. The van der Waals surface area contributed by atoms with Gasteiger partial charge in [0.2, 0.25) is 0 Å². The van der Waals surface area contributed by atoms with Crippen molar-refractivity contribution in [3.63, 3.8) is 0 Å². The van der Waals surface area contributed by atoms with Crippen molar-refractivity contribution in [3.05, 3.63) is 0 Å². The zero-order valence-corrected chi connectivity index (χ0v) is 37.9. The normalized spacial score (nSPS) is 11.8. The van der Waals surface area contributed by atoms with Crippen LogP contribution in [0.1, 0.15) is 118 Å². The van der Waals surface area contributed by atoms with E-state index in [9.17, 15) is 4.79 Å². The van der Waals surface area contributed by atoms with Gasteiger partial charge < -0.3 is 61.7 Å². The summed E-state index contributed by atoms with van der Waals surface area (Å²) >= 11 is 0. The zero-order valence-electron chi connectivity index (χ0n) is 37.9. The maximum absolute atomic E-state index is 11.9. The van der Waals surface area contributed by atoms with Crippen LogP contribution in [-0.2, 0) is 56.8 Å². The van der Waals surface area contributed by atoms with Crippen molar-refractivity contribution in [2.45, 2.75) is 123 Å². The monoisotopic (exact) mass is 840 g/mol. The van der Waals surface area contributed by atoms with E-state index in [2.05, 4.69) is 6.92 Å². The van der Waals surface area contributed by atoms with Crippen molar-refractivity contribution < 1.29 is 61.6 Å².